The van der Waals surface area contributed by atoms with Crippen molar-refractivity contribution >= 4 is 0 Å². The molecule has 0 aromatic carbocycles. The van der Waals surface area contributed by atoms with E-state index in [9.17, 15) is 8.78 Å². The lowest BCUT2D eigenvalue weighted by molar-refractivity contribution is 0.141. The van der Waals surface area contributed by atoms with Crippen molar-refractivity contribution in [2.75, 3.05) is 7.11 Å². The van der Waals surface area contributed by atoms with E-state index in [1.54, 1.807) is 6.92 Å². The fraction of sp³-hybridized carbons (Fsp3) is 0.400. The number of halogens is 2. The summed E-state index contributed by atoms with van der Waals surface area (Å²) in [4.78, 5) is 3.61. The third kappa shape index (κ3) is 2.21. The van der Waals surface area contributed by atoms with Crippen LogP contribution in [0.2, 0.25) is 0 Å². The summed E-state index contributed by atoms with van der Waals surface area (Å²) in [5, 5.41) is 8.58. The zero-order valence-electron chi connectivity index (χ0n) is 8.42. The standard InChI is InChI=1S/C10H10F2N2O/c1-6-5-14-8(10(11)12)9(15-2)7(6)3-4-13/h5,10H,3H2,1-2H3. The van der Waals surface area contributed by atoms with Gasteiger partial charge in [-0.2, -0.15) is 5.26 Å². The van der Waals surface area contributed by atoms with Gasteiger partial charge in [0.25, 0.3) is 6.43 Å². The molecule has 0 bridgehead atoms. The number of pyridine rings is 1. The van der Waals surface area contributed by atoms with E-state index < -0.39 is 12.1 Å². The van der Waals surface area contributed by atoms with Crippen molar-refractivity contribution in [2.24, 2.45) is 0 Å². The number of methoxy groups -OCH3 is 1. The van der Waals surface area contributed by atoms with E-state index in [-0.39, 0.29) is 12.2 Å². The third-order valence-electron chi connectivity index (χ3n) is 2.05. The molecule has 0 amide bonds. The minimum atomic E-state index is -2.70. The number of aromatic nitrogens is 1. The Morgan fingerprint density at radius 1 is 1.60 bits per heavy atom. The normalized spacial score (nSPS) is 10.1. The summed E-state index contributed by atoms with van der Waals surface area (Å²) in [6.45, 7) is 1.71. The van der Waals surface area contributed by atoms with Crippen molar-refractivity contribution in [2.45, 2.75) is 19.8 Å². The van der Waals surface area contributed by atoms with Gasteiger partial charge in [0.05, 0.1) is 19.6 Å². The molecule has 15 heavy (non-hydrogen) atoms. The predicted octanol–water partition coefficient (Wildman–Crippen LogP) is 2.40. The van der Waals surface area contributed by atoms with E-state index in [1.165, 1.54) is 13.3 Å². The zero-order valence-corrected chi connectivity index (χ0v) is 8.42. The lowest BCUT2D eigenvalue weighted by atomic mass is 10.1. The molecule has 1 heterocycles. The monoisotopic (exact) mass is 212 g/mol. The van der Waals surface area contributed by atoms with Gasteiger partial charge in [-0.05, 0) is 12.5 Å². The molecular formula is C10H10F2N2O. The summed E-state index contributed by atoms with van der Waals surface area (Å²) < 4.78 is 30.0. The minimum Gasteiger partial charge on any atom is -0.494 e. The van der Waals surface area contributed by atoms with Crippen LogP contribution in [0.15, 0.2) is 6.20 Å². The van der Waals surface area contributed by atoms with Crippen LogP contribution >= 0.6 is 0 Å². The average Bonchev–Trinajstić information content (AvgIpc) is 2.20. The van der Waals surface area contributed by atoms with Crippen LogP contribution in [0, 0.1) is 18.3 Å². The Balaban J connectivity index is 3.34. The minimum absolute atomic E-state index is 0.0200. The number of rotatable bonds is 3. The fourth-order valence-electron chi connectivity index (χ4n) is 1.32. The first kappa shape index (κ1) is 11.4. The summed E-state index contributed by atoms with van der Waals surface area (Å²) in [7, 11) is 1.29. The van der Waals surface area contributed by atoms with Gasteiger partial charge in [0, 0.05) is 11.8 Å². The Hall–Kier alpha value is -1.70. The van der Waals surface area contributed by atoms with E-state index in [1.807, 2.05) is 6.07 Å². The van der Waals surface area contributed by atoms with Gasteiger partial charge in [0.15, 0.2) is 5.75 Å². The summed E-state index contributed by atoms with van der Waals surface area (Å²) in [6, 6.07) is 1.91. The first-order chi connectivity index (χ1) is 7.11. The van der Waals surface area contributed by atoms with Crippen LogP contribution in [0.25, 0.3) is 0 Å². The average molecular weight is 212 g/mol. The highest BCUT2D eigenvalue weighted by Crippen LogP contribution is 2.31. The number of hydrogen-bond donors (Lipinski definition) is 0. The molecule has 0 radical (unpaired) electrons. The van der Waals surface area contributed by atoms with Gasteiger partial charge in [0.1, 0.15) is 5.69 Å². The summed E-state index contributed by atoms with van der Waals surface area (Å²) in [5.74, 6) is 0.0200. The van der Waals surface area contributed by atoms with Gasteiger partial charge >= 0.3 is 0 Å². The molecule has 0 aliphatic carbocycles. The lowest BCUT2D eigenvalue weighted by Crippen LogP contribution is -2.02. The Bertz CT molecular complexity index is 399. The maximum Gasteiger partial charge on any atom is 0.284 e. The van der Waals surface area contributed by atoms with Gasteiger partial charge in [-0.1, -0.05) is 0 Å². The molecule has 0 saturated heterocycles. The van der Waals surface area contributed by atoms with Gasteiger partial charge in [-0.15, -0.1) is 0 Å². The number of aryl methyl sites for hydroxylation is 1. The second-order valence-corrected chi connectivity index (χ2v) is 2.97. The zero-order chi connectivity index (χ0) is 11.4. The molecule has 0 N–H and O–H groups in total. The van der Waals surface area contributed by atoms with E-state index in [0.717, 1.165) is 0 Å². The van der Waals surface area contributed by atoms with Crippen molar-refractivity contribution in [1.82, 2.24) is 4.98 Å². The van der Waals surface area contributed by atoms with Crippen molar-refractivity contribution in [3.05, 3.63) is 23.0 Å². The molecule has 0 atom stereocenters. The van der Waals surface area contributed by atoms with Crippen LogP contribution in [0.3, 0.4) is 0 Å². The summed E-state index contributed by atoms with van der Waals surface area (Å²) in [6.07, 6.45) is -1.33. The van der Waals surface area contributed by atoms with Crippen molar-refractivity contribution in [3.63, 3.8) is 0 Å². The smallest absolute Gasteiger partial charge is 0.284 e. The summed E-state index contributed by atoms with van der Waals surface area (Å²) in [5.41, 5.74) is 0.747. The van der Waals surface area contributed by atoms with Gasteiger partial charge in [-0.3, -0.25) is 4.98 Å². The number of hydrogen-bond acceptors (Lipinski definition) is 3. The molecule has 0 saturated carbocycles. The molecule has 5 heteroatoms. The molecule has 3 nitrogen and oxygen atoms in total. The van der Waals surface area contributed by atoms with E-state index in [4.69, 9.17) is 10.00 Å². The number of nitriles is 1. The molecule has 0 spiro atoms. The van der Waals surface area contributed by atoms with Crippen molar-refractivity contribution in [3.8, 4) is 11.8 Å². The first-order valence-corrected chi connectivity index (χ1v) is 4.29. The van der Waals surface area contributed by atoms with Crippen molar-refractivity contribution in [1.29, 1.82) is 5.26 Å². The lowest BCUT2D eigenvalue weighted by Gasteiger charge is -2.12. The number of alkyl halides is 2. The molecule has 0 fully saturated rings. The molecule has 0 unspecified atom stereocenters. The topological polar surface area (TPSA) is 45.9 Å². The van der Waals surface area contributed by atoms with E-state index in [2.05, 4.69) is 4.98 Å². The highest BCUT2D eigenvalue weighted by atomic mass is 19.3. The number of ether oxygens (including phenoxy) is 1. The molecule has 1 rings (SSSR count). The maximum absolute atomic E-state index is 12.5. The fourth-order valence-corrected chi connectivity index (χ4v) is 1.32. The third-order valence-corrected chi connectivity index (χ3v) is 2.05. The second-order valence-electron chi connectivity index (χ2n) is 2.97. The van der Waals surface area contributed by atoms with Crippen LogP contribution < -0.4 is 4.74 Å². The van der Waals surface area contributed by atoms with Crippen LogP contribution in [0.4, 0.5) is 8.78 Å². The molecule has 0 aliphatic rings. The predicted molar refractivity (Wildman–Crippen MR) is 49.8 cm³/mol. The van der Waals surface area contributed by atoms with Gasteiger partial charge < -0.3 is 4.74 Å². The Kier molecular flexibility index (Phi) is 3.56. The summed E-state index contributed by atoms with van der Waals surface area (Å²) >= 11 is 0. The quantitative estimate of drug-likeness (QED) is 0.772. The highest BCUT2D eigenvalue weighted by Gasteiger charge is 2.20. The van der Waals surface area contributed by atoms with Crippen LogP contribution in [-0.4, -0.2) is 12.1 Å². The number of nitrogens with zero attached hydrogens (tertiary/aromatic N) is 2. The Morgan fingerprint density at radius 2 is 2.27 bits per heavy atom. The SMILES string of the molecule is COc1c(C(F)F)ncc(C)c1CC#N. The van der Waals surface area contributed by atoms with Crippen LogP contribution in [0.5, 0.6) is 5.75 Å². The molecule has 1 aromatic rings. The highest BCUT2D eigenvalue weighted by molar-refractivity contribution is 5.43. The molecular weight excluding hydrogens is 202 g/mol. The first-order valence-electron chi connectivity index (χ1n) is 4.29. The largest absolute Gasteiger partial charge is 0.494 e. The maximum atomic E-state index is 12.5. The van der Waals surface area contributed by atoms with Crippen LogP contribution in [0.1, 0.15) is 23.2 Å². The van der Waals surface area contributed by atoms with E-state index >= 15 is 0 Å². The second kappa shape index (κ2) is 4.69. The molecule has 80 valence electrons. The Labute approximate surface area is 86.3 Å². The van der Waals surface area contributed by atoms with Gasteiger partial charge in [0.2, 0.25) is 0 Å². The molecule has 0 aliphatic heterocycles. The van der Waals surface area contributed by atoms with E-state index in [0.29, 0.717) is 11.1 Å². The Morgan fingerprint density at radius 3 is 2.73 bits per heavy atom. The molecule has 1 aromatic heterocycles. The van der Waals surface area contributed by atoms with Crippen molar-refractivity contribution < 1.29 is 13.5 Å². The van der Waals surface area contributed by atoms with Gasteiger partial charge in [-0.25, -0.2) is 8.78 Å². The van der Waals surface area contributed by atoms with Crippen LogP contribution in [-0.2, 0) is 6.42 Å².